The molecule has 1 atom stereocenters. The van der Waals surface area contributed by atoms with Gasteiger partial charge in [0, 0.05) is 24.3 Å². The Morgan fingerprint density at radius 1 is 1.09 bits per heavy atom. The lowest BCUT2D eigenvalue weighted by Crippen LogP contribution is -2.32. The van der Waals surface area contributed by atoms with Crippen LogP contribution in [-0.4, -0.2) is 24.0 Å². The monoisotopic (exact) mass is 471 g/mol. The van der Waals surface area contributed by atoms with Gasteiger partial charge in [0.2, 0.25) is 0 Å². The van der Waals surface area contributed by atoms with E-state index in [0.717, 1.165) is 18.4 Å². The summed E-state index contributed by atoms with van der Waals surface area (Å²) in [7, 11) is 0. The topological polar surface area (TPSA) is 78.6 Å². The van der Waals surface area contributed by atoms with Gasteiger partial charge in [-0.15, -0.1) is 0 Å². The summed E-state index contributed by atoms with van der Waals surface area (Å²) in [6, 6.07) is 9.99. The SMILES string of the molecule is CC(C)(C)CC1CC(C(N)=CC(=O)[C@@H](CCCOCc2ccccc2)CC(=O)OC(C)(C)C)C1. The summed E-state index contributed by atoms with van der Waals surface area (Å²) in [6.45, 7) is 13.3. The molecule has 5 nitrogen and oxygen atoms in total. The van der Waals surface area contributed by atoms with Crippen molar-refractivity contribution in [2.24, 2.45) is 28.9 Å². The van der Waals surface area contributed by atoms with Gasteiger partial charge in [-0.05, 0) is 75.7 Å². The van der Waals surface area contributed by atoms with Crippen LogP contribution < -0.4 is 5.73 Å². The van der Waals surface area contributed by atoms with Crippen molar-refractivity contribution >= 4 is 11.8 Å². The molecule has 5 heteroatoms. The number of rotatable bonds is 12. The zero-order chi connectivity index (χ0) is 25.4. The van der Waals surface area contributed by atoms with Crippen LogP contribution >= 0.6 is 0 Å². The van der Waals surface area contributed by atoms with E-state index in [2.05, 4.69) is 20.8 Å². The number of ketones is 1. The molecule has 0 amide bonds. The molecule has 0 radical (unpaired) electrons. The summed E-state index contributed by atoms with van der Waals surface area (Å²) in [4.78, 5) is 25.5. The lowest BCUT2D eigenvalue weighted by molar-refractivity contribution is -0.157. The van der Waals surface area contributed by atoms with Crippen molar-refractivity contribution in [1.82, 2.24) is 0 Å². The van der Waals surface area contributed by atoms with Crippen LogP contribution in [0, 0.1) is 23.2 Å². The van der Waals surface area contributed by atoms with Crippen LogP contribution in [0.2, 0.25) is 0 Å². The summed E-state index contributed by atoms with van der Waals surface area (Å²) in [5, 5.41) is 0. The van der Waals surface area contributed by atoms with Gasteiger partial charge in [-0.2, -0.15) is 0 Å². The highest BCUT2D eigenvalue weighted by atomic mass is 16.6. The van der Waals surface area contributed by atoms with Crippen molar-refractivity contribution in [3.8, 4) is 0 Å². The minimum Gasteiger partial charge on any atom is -0.460 e. The van der Waals surface area contributed by atoms with Gasteiger partial charge in [-0.1, -0.05) is 51.1 Å². The number of esters is 1. The first kappa shape index (κ1) is 28.1. The number of nitrogens with two attached hydrogens (primary N) is 1. The van der Waals surface area contributed by atoms with Crippen LogP contribution in [0.3, 0.4) is 0 Å². The average Bonchev–Trinajstić information content (AvgIpc) is 2.67. The Morgan fingerprint density at radius 3 is 2.32 bits per heavy atom. The van der Waals surface area contributed by atoms with Crippen molar-refractivity contribution in [2.45, 2.75) is 92.3 Å². The zero-order valence-corrected chi connectivity index (χ0v) is 22.1. The Balaban J connectivity index is 1.90. The summed E-state index contributed by atoms with van der Waals surface area (Å²) in [6.07, 6.45) is 6.15. The molecular formula is C29H45NO4. The molecule has 1 saturated carbocycles. The van der Waals surface area contributed by atoms with Crippen LogP contribution in [0.25, 0.3) is 0 Å². The molecule has 0 spiro atoms. The fraction of sp³-hybridized carbons (Fsp3) is 0.655. The molecule has 1 aliphatic carbocycles. The minimum atomic E-state index is -0.577. The molecule has 1 fully saturated rings. The largest absolute Gasteiger partial charge is 0.460 e. The number of benzene rings is 1. The number of carbonyl (C=O) groups excluding carboxylic acids is 2. The number of ether oxygens (including phenoxy) is 2. The first-order chi connectivity index (χ1) is 15.8. The summed E-state index contributed by atoms with van der Waals surface area (Å²) < 4.78 is 11.2. The fourth-order valence-corrected chi connectivity index (χ4v) is 4.57. The Hall–Kier alpha value is -2.14. The average molecular weight is 472 g/mol. The molecule has 34 heavy (non-hydrogen) atoms. The maximum Gasteiger partial charge on any atom is 0.307 e. The Bertz CT molecular complexity index is 811. The predicted octanol–water partition coefficient (Wildman–Crippen LogP) is 6.21. The van der Waals surface area contributed by atoms with Crippen LogP contribution in [0.5, 0.6) is 0 Å². The summed E-state index contributed by atoms with van der Waals surface area (Å²) in [5.74, 6) is 0.0702. The summed E-state index contributed by atoms with van der Waals surface area (Å²) >= 11 is 0. The van der Waals surface area contributed by atoms with Crippen molar-refractivity contribution < 1.29 is 19.1 Å². The molecule has 0 bridgehead atoms. The second-order valence-electron chi connectivity index (χ2n) is 12.0. The Labute approximate surface area is 206 Å². The third-order valence-electron chi connectivity index (χ3n) is 6.11. The second-order valence-corrected chi connectivity index (χ2v) is 12.0. The Kier molecular flexibility index (Phi) is 10.4. The van der Waals surface area contributed by atoms with E-state index in [1.54, 1.807) is 6.08 Å². The minimum absolute atomic E-state index is 0.0654. The van der Waals surface area contributed by atoms with Crippen LogP contribution in [-0.2, 0) is 25.7 Å². The molecule has 1 aliphatic rings. The number of allylic oxidation sites excluding steroid dienone is 2. The van der Waals surface area contributed by atoms with E-state index in [1.807, 2.05) is 51.1 Å². The molecule has 1 aromatic carbocycles. The first-order valence-corrected chi connectivity index (χ1v) is 12.7. The van der Waals surface area contributed by atoms with Crippen molar-refractivity contribution in [1.29, 1.82) is 0 Å². The highest BCUT2D eigenvalue weighted by molar-refractivity contribution is 5.94. The van der Waals surface area contributed by atoms with Gasteiger partial charge in [0.05, 0.1) is 13.0 Å². The van der Waals surface area contributed by atoms with Crippen molar-refractivity contribution in [2.75, 3.05) is 6.61 Å². The molecule has 0 unspecified atom stereocenters. The van der Waals surface area contributed by atoms with Gasteiger partial charge >= 0.3 is 5.97 Å². The smallest absolute Gasteiger partial charge is 0.307 e. The van der Waals surface area contributed by atoms with Gasteiger partial charge < -0.3 is 15.2 Å². The third kappa shape index (κ3) is 10.9. The van der Waals surface area contributed by atoms with Crippen molar-refractivity contribution in [3.63, 3.8) is 0 Å². The first-order valence-electron chi connectivity index (χ1n) is 12.7. The standard InChI is InChI=1S/C29H45NO4/c1-28(2,3)19-22-15-24(16-22)25(30)18-26(31)23(17-27(32)34-29(4,5)6)13-10-14-33-20-21-11-8-7-9-12-21/h7-9,11-12,18,22-24H,10,13-17,19-20,30H2,1-6H3/t22?,23-,24?/m0/s1. The van der Waals surface area contributed by atoms with E-state index in [4.69, 9.17) is 15.2 Å². The molecule has 2 rings (SSSR count). The van der Waals surface area contributed by atoms with Crippen molar-refractivity contribution in [3.05, 3.63) is 47.7 Å². The van der Waals surface area contributed by atoms with E-state index >= 15 is 0 Å². The number of hydrogen-bond acceptors (Lipinski definition) is 5. The van der Waals surface area contributed by atoms with Gasteiger partial charge in [-0.3, -0.25) is 9.59 Å². The number of carbonyl (C=O) groups is 2. The van der Waals surface area contributed by atoms with Gasteiger partial charge in [0.15, 0.2) is 5.78 Å². The molecule has 0 saturated heterocycles. The fourth-order valence-electron chi connectivity index (χ4n) is 4.57. The normalized spacial score (nSPS) is 19.9. The Morgan fingerprint density at radius 2 is 1.74 bits per heavy atom. The van der Waals surface area contributed by atoms with Crippen LogP contribution in [0.4, 0.5) is 0 Å². The molecule has 0 heterocycles. The van der Waals surface area contributed by atoms with Gasteiger partial charge in [0.1, 0.15) is 5.60 Å². The molecule has 2 N–H and O–H groups in total. The zero-order valence-electron chi connectivity index (χ0n) is 22.1. The van der Waals surface area contributed by atoms with Crippen LogP contribution in [0.15, 0.2) is 42.1 Å². The molecule has 0 aromatic heterocycles. The lowest BCUT2D eigenvalue weighted by Gasteiger charge is -2.39. The molecule has 1 aromatic rings. The summed E-state index contributed by atoms with van der Waals surface area (Å²) in [5.41, 5.74) is 7.82. The molecular weight excluding hydrogens is 426 g/mol. The quantitative estimate of drug-likeness (QED) is 0.223. The predicted molar refractivity (Wildman–Crippen MR) is 137 cm³/mol. The highest BCUT2D eigenvalue weighted by Crippen LogP contribution is 2.43. The van der Waals surface area contributed by atoms with E-state index in [0.29, 0.717) is 43.1 Å². The second kappa shape index (κ2) is 12.5. The van der Waals surface area contributed by atoms with E-state index in [1.165, 1.54) is 6.42 Å². The van der Waals surface area contributed by atoms with Crippen LogP contribution in [0.1, 0.15) is 85.6 Å². The third-order valence-corrected chi connectivity index (χ3v) is 6.11. The van der Waals surface area contributed by atoms with Gasteiger partial charge in [0.25, 0.3) is 0 Å². The molecule has 190 valence electrons. The maximum absolute atomic E-state index is 13.1. The van der Waals surface area contributed by atoms with E-state index < -0.39 is 11.5 Å². The maximum atomic E-state index is 13.1. The van der Waals surface area contributed by atoms with Gasteiger partial charge in [-0.25, -0.2) is 0 Å². The lowest BCUT2D eigenvalue weighted by atomic mass is 9.67. The van der Waals surface area contributed by atoms with E-state index in [-0.39, 0.29) is 24.1 Å². The number of hydrogen-bond donors (Lipinski definition) is 1. The highest BCUT2D eigenvalue weighted by Gasteiger charge is 2.34. The van der Waals surface area contributed by atoms with E-state index in [9.17, 15) is 9.59 Å². The molecule has 0 aliphatic heterocycles.